The van der Waals surface area contributed by atoms with Gasteiger partial charge < -0.3 is 14.5 Å². The predicted octanol–water partition coefficient (Wildman–Crippen LogP) is 0.624. The number of ether oxygens (including phenoxy) is 1. The number of nitrogens with zero attached hydrogens (tertiary/aromatic N) is 1. The molecule has 2 amide bonds. The number of sulfonamides is 1. The van der Waals surface area contributed by atoms with Gasteiger partial charge in [-0.15, -0.1) is 0 Å². The first-order chi connectivity index (χ1) is 13.8. The van der Waals surface area contributed by atoms with E-state index < -0.39 is 21.8 Å². The van der Waals surface area contributed by atoms with Crippen molar-refractivity contribution in [2.24, 2.45) is 5.10 Å². The number of benzene rings is 1. The van der Waals surface area contributed by atoms with Gasteiger partial charge in [0.15, 0.2) is 0 Å². The van der Waals surface area contributed by atoms with Crippen LogP contribution in [0, 0.1) is 0 Å². The summed E-state index contributed by atoms with van der Waals surface area (Å²) in [6.45, 7) is 0.381. The quantitative estimate of drug-likeness (QED) is 0.225. The number of carbonyl (C=O) groups excluding carboxylic acids is 2. The molecule has 0 radical (unpaired) electrons. The SMILES string of the molecule is COCCNC(=O)C(=O)N/N=C/c1ccc(CNS(=O)(=O)c2ccc(Cl)cc2)o1. The number of nitrogens with one attached hydrogen (secondary N) is 3. The van der Waals surface area contributed by atoms with Crippen molar-refractivity contribution in [1.29, 1.82) is 0 Å². The zero-order valence-corrected chi connectivity index (χ0v) is 16.9. The Morgan fingerprint density at radius 2 is 1.90 bits per heavy atom. The summed E-state index contributed by atoms with van der Waals surface area (Å²) in [5, 5.41) is 6.37. The lowest BCUT2D eigenvalue weighted by Gasteiger charge is -2.05. The number of hydrogen-bond acceptors (Lipinski definition) is 7. The van der Waals surface area contributed by atoms with Crippen molar-refractivity contribution in [3.63, 3.8) is 0 Å². The van der Waals surface area contributed by atoms with Crippen LogP contribution in [0.25, 0.3) is 0 Å². The van der Waals surface area contributed by atoms with Gasteiger partial charge in [0, 0.05) is 18.7 Å². The summed E-state index contributed by atoms with van der Waals surface area (Å²) in [5.74, 6) is -1.21. The Morgan fingerprint density at radius 3 is 2.59 bits per heavy atom. The van der Waals surface area contributed by atoms with E-state index in [0.29, 0.717) is 10.8 Å². The number of hydrogen-bond donors (Lipinski definition) is 3. The van der Waals surface area contributed by atoms with E-state index in [1.165, 1.54) is 43.7 Å². The number of rotatable bonds is 9. The molecule has 156 valence electrons. The monoisotopic (exact) mass is 442 g/mol. The van der Waals surface area contributed by atoms with Crippen LogP contribution in [-0.2, 0) is 30.9 Å². The van der Waals surface area contributed by atoms with E-state index in [1.807, 2.05) is 5.43 Å². The zero-order valence-electron chi connectivity index (χ0n) is 15.3. The first kappa shape index (κ1) is 22.6. The summed E-state index contributed by atoms with van der Waals surface area (Å²) in [5.41, 5.74) is 2.04. The van der Waals surface area contributed by atoms with Gasteiger partial charge in [0.05, 0.1) is 24.3 Å². The van der Waals surface area contributed by atoms with Crippen LogP contribution in [0.1, 0.15) is 11.5 Å². The Balaban J connectivity index is 1.84. The molecule has 0 aliphatic rings. The number of methoxy groups -OCH3 is 1. The van der Waals surface area contributed by atoms with E-state index in [-0.39, 0.29) is 30.4 Å². The smallest absolute Gasteiger partial charge is 0.329 e. The Kier molecular flexibility index (Phi) is 8.34. The van der Waals surface area contributed by atoms with Crippen LogP contribution in [-0.4, -0.2) is 46.7 Å². The van der Waals surface area contributed by atoms with E-state index >= 15 is 0 Å². The molecule has 0 saturated carbocycles. The van der Waals surface area contributed by atoms with Crippen LogP contribution in [0.15, 0.2) is 50.8 Å². The van der Waals surface area contributed by atoms with Crippen LogP contribution < -0.4 is 15.5 Å². The lowest BCUT2D eigenvalue weighted by atomic mass is 10.4. The van der Waals surface area contributed by atoms with Gasteiger partial charge in [0.1, 0.15) is 11.5 Å². The molecule has 2 aromatic rings. The molecule has 0 spiro atoms. The fourth-order valence-corrected chi connectivity index (χ4v) is 3.09. The number of furan rings is 1. The molecule has 0 aliphatic carbocycles. The molecule has 0 saturated heterocycles. The first-order valence-corrected chi connectivity index (χ1v) is 10.1. The fourth-order valence-electron chi connectivity index (χ4n) is 1.97. The van der Waals surface area contributed by atoms with Crippen molar-refractivity contribution in [2.75, 3.05) is 20.3 Å². The molecule has 0 aliphatic heterocycles. The molecular formula is C17H19ClN4O6S. The van der Waals surface area contributed by atoms with Gasteiger partial charge >= 0.3 is 11.8 Å². The van der Waals surface area contributed by atoms with E-state index in [0.717, 1.165) is 0 Å². The van der Waals surface area contributed by atoms with Crippen LogP contribution in [0.4, 0.5) is 0 Å². The van der Waals surface area contributed by atoms with E-state index in [1.54, 1.807) is 6.07 Å². The third-order valence-corrected chi connectivity index (χ3v) is 5.07. The molecule has 0 atom stereocenters. The molecule has 2 rings (SSSR count). The summed E-state index contributed by atoms with van der Waals surface area (Å²) < 4.78 is 37.0. The maximum Gasteiger partial charge on any atom is 0.329 e. The molecular weight excluding hydrogens is 424 g/mol. The molecule has 12 heteroatoms. The lowest BCUT2D eigenvalue weighted by Crippen LogP contribution is -2.39. The minimum Gasteiger partial charge on any atom is -0.459 e. The van der Waals surface area contributed by atoms with E-state index in [2.05, 4.69) is 15.1 Å². The highest BCUT2D eigenvalue weighted by molar-refractivity contribution is 7.89. The van der Waals surface area contributed by atoms with Gasteiger partial charge in [-0.25, -0.2) is 18.6 Å². The maximum absolute atomic E-state index is 12.2. The average Bonchev–Trinajstić information content (AvgIpc) is 3.14. The summed E-state index contributed by atoms with van der Waals surface area (Å²) in [7, 11) is -2.26. The standard InChI is InChI=1S/C17H19ClN4O6S/c1-27-9-8-19-16(23)17(24)22-20-10-13-4-5-14(28-13)11-21-29(25,26)15-6-2-12(18)3-7-15/h2-7,10,21H,8-9,11H2,1H3,(H,19,23)(H,22,24)/b20-10+. The van der Waals surface area contributed by atoms with Gasteiger partial charge in [0.25, 0.3) is 0 Å². The zero-order chi connectivity index (χ0) is 21.3. The second-order valence-corrected chi connectivity index (χ2v) is 7.73. The number of carbonyl (C=O) groups is 2. The number of amides is 2. The lowest BCUT2D eigenvalue weighted by molar-refractivity contribution is -0.139. The maximum atomic E-state index is 12.2. The molecule has 3 N–H and O–H groups in total. The van der Waals surface area contributed by atoms with E-state index in [4.69, 9.17) is 20.8 Å². The van der Waals surface area contributed by atoms with Crippen LogP contribution in [0.5, 0.6) is 0 Å². The molecule has 1 heterocycles. The van der Waals surface area contributed by atoms with Crippen LogP contribution in [0.3, 0.4) is 0 Å². The summed E-state index contributed by atoms with van der Waals surface area (Å²) in [6.07, 6.45) is 1.18. The fraction of sp³-hybridized carbons (Fsp3) is 0.235. The van der Waals surface area contributed by atoms with Crippen molar-refractivity contribution in [2.45, 2.75) is 11.4 Å². The number of hydrazone groups is 1. The molecule has 1 aromatic carbocycles. The highest BCUT2D eigenvalue weighted by Crippen LogP contribution is 2.14. The van der Waals surface area contributed by atoms with Gasteiger partial charge in [-0.05, 0) is 36.4 Å². The Hall–Kier alpha value is -2.73. The number of halogens is 1. The average molecular weight is 443 g/mol. The first-order valence-electron chi connectivity index (χ1n) is 8.26. The minimum absolute atomic E-state index is 0.0710. The van der Waals surface area contributed by atoms with Gasteiger partial charge in [-0.2, -0.15) is 5.10 Å². The second kappa shape index (κ2) is 10.7. The predicted molar refractivity (Wildman–Crippen MR) is 105 cm³/mol. The van der Waals surface area contributed by atoms with Crippen LogP contribution >= 0.6 is 11.6 Å². The second-order valence-electron chi connectivity index (χ2n) is 5.53. The summed E-state index contributed by atoms with van der Waals surface area (Å²) >= 11 is 5.75. The van der Waals surface area contributed by atoms with Crippen molar-refractivity contribution < 1.29 is 27.2 Å². The van der Waals surface area contributed by atoms with Crippen molar-refractivity contribution >= 4 is 39.7 Å². The Morgan fingerprint density at radius 1 is 1.17 bits per heavy atom. The van der Waals surface area contributed by atoms with Crippen molar-refractivity contribution in [3.05, 3.63) is 52.9 Å². The Labute approximate surface area is 172 Å². The van der Waals surface area contributed by atoms with Gasteiger partial charge in [-0.3, -0.25) is 9.59 Å². The summed E-state index contributed by atoms with van der Waals surface area (Å²) in [6, 6.07) is 8.80. The highest BCUT2D eigenvalue weighted by Gasteiger charge is 2.15. The van der Waals surface area contributed by atoms with Crippen molar-refractivity contribution in [3.8, 4) is 0 Å². The normalized spacial score (nSPS) is 11.5. The largest absolute Gasteiger partial charge is 0.459 e. The summed E-state index contributed by atoms with van der Waals surface area (Å²) in [4.78, 5) is 23.0. The molecule has 0 bridgehead atoms. The third kappa shape index (κ3) is 7.31. The topological polar surface area (TPSA) is 139 Å². The molecule has 0 fully saturated rings. The molecule has 1 aromatic heterocycles. The van der Waals surface area contributed by atoms with Crippen LogP contribution in [0.2, 0.25) is 5.02 Å². The molecule has 10 nitrogen and oxygen atoms in total. The molecule has 29 heavy (non-hydrogen) atoms. The molecule has 0 unspecified atom stereocenters. The highest BCUT2D eigenvalue weighted by atomic mass is 35.5. The van der Waals surface area contributed by atoms with Gasteiger partial charge in [-0.1, -0.05) is 11.6 Å². The van der Waals surface area contributed by atoms with Gasteiger partial charge in [0.2, 0.25) is 10.0 Å². The Bertz CT molecular complexity index is 972. The van der Waals surface area contributed by atoms with Crippen molar-refractivity contribution in [1.82, 2.24) is 15.5 Å². The van der Waals surface area contributed by atoms with E-state index in [9.17, 15) is 18.0 Å². The third-order valence-electron chi connectivity index (χ3n) is 3.40. The minimum atomic E-state index is -3.73.